The number of carboxylic acids is 2. The fraction of sp³-hybridized carbons (Fsp3) is 0.818. The van der Waals surface area contributed by atoms with E-state index >= 15 is 0 Å². The second-order valence-electron chi connectivity index (χ2n) is 4.52. The summed E-state index contributed by atoms with van der Waals surface area (Å²) in [6.45, 7) is 3.06. The van der Waals surface area contributed by atoms with Gasteiger partial charge in [0, 0.05) is 6.04 Å². The Morgan fingerprint density at radius 1 is 1.22 bits per heavy atom. The first-order chi connectivity index (χ1) is 8.18. The Morgan fingerprint density at radius 3 is 1.83 bits per heavy atom. The van der Waals surface area contributed by atoms with Crippen molar-refractivity contribution in [3.8, 4) is 0 Å². The van der Waals surface area contributed by atoms with Crippen LogP contribution in [0.25, 0.3) is 0 Å². The van der Waals surface area contributed by atoms with Crippen LogP contribution in [-0.2, 0) is 9.59 Å². The van der Waals surface area contributed by atoms with Crippen LogP contribution in [0.4, 0.5) is 0 Å². The van der Waals surface area contributed by atoms with Gasteiger partial charge in [0.2, 0.25) is 0 Å². The highest BCUT2D eigenvalue weighted by atomic mass is 16.4. The number of hydrogen-bond donors (Lipinski definition) is 4. The lowest BCUT2D eigenvalue weighted by Gasteiger charge is -2.19. The number of nitrogens with two attached hydrogens (primary N) is 1. The smallest absolute Gasteiger partial charge is 0.323 e. The van der Waals surface area contributed by atoms with Crippen LogP contribution in [0.3, 0.4) is 0 Å². The van der Waals surface area contributed by atoms with E-state index in [-0.39, 0.29) is 6.04 Å². The Morgan fingerprint density at radius 2 is 1.67 bits per heavy atom. The van der Waals surface area contributed by atoms with E-state index in [1.807, 2.05) is 11.9 Å². The lowest BCUT2D eigenvalue weighted by Crippen LogP contribution is -2.39. The topological polar surface area (TPSA) is 124 Å². The predicted molar refractivity (Wildman–Crippen MR) is 65.2 cm³/mol. The summed E-state index contributed by atoms with van der Waals surface area (Å²) in [6, 6.07) is -0.950. The number of rotatable bonds is 5. The zero-order valence-corrected chi connectivity index (χ0v) is 10.9. The van der Waals surface area contributed by atoms with Gasteiger partial charge in [0.1, 0.15) is 12.1 Å². The van der Waals surface area contributed by atoms with Gasteiger partial charge in [-0.05, 0) is 33.7 Å². The van der Waals surface area contributed by atoms with Gasteiger partial charge in [-0.15, -0.1) is 0 Å². The van der Waals surface area contributed by atoms with Gasteiger partial charge in [-0.2, -0.15) is 0 Å². The highest BCUT2D eigenvalue weighted by molar-refractivity contribution is 5.73. The maximum Gasteiger partial charge on any atom is 0.323 e. The van der Waals surface area contributed by atoms with Crippen LogP contribution in [0.2, 0.25) is 0 Å². The Labute approximate surface area is 106 Å². The molecule has 0 radical (unpaired) electrons. The summed E-state index contributed by atoms with van der Waals surface area (Å²) in [5.41, 5.74) is 4.91. The quantitative estimate of drug-likeness (QED) is 0.518. The van der Waals surface area contributed by atoms with Crippen molar-refractivity contribution in [3.63, 3.8) is 0 Å². The molecule has 0 bridgehead atoms. The third-order valence-corrected chi connectivity index (χ3v) is 2.90. The number of aliphatic hydroxyl groups is 1. The number of carboxylic acid groups (broad SMARTS) is 2. The molecule has 1 unspecified atom stereocenters. The summed E-state index contributed by atoms with van der Waals surface area (Å²) in [5.74, 6) is -1.91. The van der Waals surface area contributed by atoms with Gasteiger partial charge in [0.05, 0.1) is 6.10 Å². The first-order valence-corrected chi connectivity index (χ1v) is 5.79. The van der Waals surface area contributed by atoms with Crippen LogP contribution in [0.5, 0.6) is 0 Å². The molecule has 0 saturated heterocycles. The van der Waals surface area contributed by atoms with Crippen molar-refractivity contribution in [2.24, 2.45) is 5.73 Å². The highest BCUT2D eigenvalue weighted by Gasteiger charge is 2.31. The molecule has 1 saturated carbocycles. The standard InChI is InChI=1S/C7H13NO2.C4H9NO3/c1-5(7(9)10)8(2)6-3-4-6;1-2(6)3(5)4(7)8/h5-6H,3-4H2,1-2H3,(H,9,10);2-3,6H,5H2,1H3,(H,7,8)/t;2-,3-/m.0/s1. The molecule has 7 heteroatoms. The van der Waals surface area contributed by atoms with Gasteiger partial charge in [-0.3, -0.25) is 14.5 Å². The van der Waals surface area contributed by atoms with E-state index in [0.717, 1.165) is 12.8 Å². The molecule has 0 aromatic carbocycles. The molecule has 1 aliphatic rings. The summed E-state index contributed by atoms with van der Waals surface area (Å²) < 4.78 is 0. The van der Waals surface area contributed by atoms with Crippen LogP contribution < -0.4 is 5.73 Å². The summed E-state index contributed by atoms with van der Waals surface area (Å²) in [5, 5.41) is 25.1. The number of aliphatic hydroxyl groups excluding tert-OH is 1. The SMILES string of the molecule is CC(C(=O)O)N(C)C1CC1.C[C@H](O)[C@H](N)C(=O)O. The van der Waals surface area contributed by atoms with Gasteiger partial charge in [-0.25, -0.2) is 0 Å². The van der Waals surface area contributed by atoms with Crippen LogP contribution in [0.1, 0.15) is 26.7 Å². The number of carbonyl (C=O) groups is 2. The summed E-state index contributed by atoms with van der Waals surface area (Å²) >= 11 is 0. The average Bonchev–Trinajstić information content (AvgIpc) is 3.10. The monoisotopic (exact) mass is 262 g/mol. The van der Waals surface area contributed by atoms with E-state index in [4.69, 9.17) is 21.1 Å². The molecule has 5 N–H and O–H groups in total. The third-order valence-electron chi connectivity index (χ3n) is 2.90. The largest absolute Gasteiger partial charge is 0.480 e. The number of hydrogen-bond acceptors (Lipinski definition) is 5. The average molecular weight is 262 g/mol. The van der Waals surface area contributed by atoms with Crippen LogP contribution >= 0.6 is 0 Å². The maximum atomic E-state index is 10.4. The van der Waals surface area contributed by atoms with Crippen molar-refractivity contribution in [2.75, 3.05) is 7.05 Å². The van der Waals surface area contributed by atoms with E-state index in [0.29, 0.717) is 6.04 Å². The zero-order chi connectivity index (χ0) is 14.5. The Balaban J connectivity index is 0.000000331. The molecule has 0 aromatic rings. The summed E-state index contributed by atoms with van der Waals surface area (Å²) in [6.07, 6.45) is 1.34. The lowest BCUT2D eigenvalue weighted by molar-refractivity contribution is -0.142. The molecule has 106 valence electrons. The fourth-order valence-corrected chi connectivity index (χ4v) is 1.18. The predicted octanol–water partition coefficient (Wildman–Crippen LogP) is -0.667. The van der Waals surface area contributed by atoms with Crippen LogP contribution in [0, 0.1) is 0 Å². The molecular weight excluding hydrogens is 240 g/mol. The van der Waals surface area contributed by atoms with Gasteiger partial charge in [0.15, 0.2) is 0 Å². The van der Waals surface area contributed by atoms with E-state index in [2.05, 4.69) is 0 Å². The van der Waals surface area contributed by atoms with Crippen molar-refractivity contribution in [2.45, 2.75) is 50.9 Å². The second kappa shape index (κ2) is 7.30. The second-order valence-corrected chi connectivity index (χ2v) is 4.52. The first kappa shape index (κ1) is 16.8. The van der Waals surface area contributed by atoms with Gasteiger partial charge in [0.25, 0.3) is 0 Å². The molecule has 1 aliphatic carbocycles. The van der Waals surface area contributed by atoms with E-state index < -0.39 is 24.1 Å². The van der Waals surface area contributed by atoms with Crippen LogP contribution in [-0.4, -0.2) is 63.4 Å². The Bertz CT molecular complexity index is 291. The van der Waals surface area contributed by atoms with E-state index in [1.165, 1.54) is 6.92 Å². The first-order valence-electron chi connectivity index (χ1n) is 5.79. The van der Waals surface area contributed by atoms with Gasteiger partial charge in [-0.1, -0.05) is 0 Å². The fourth-order valence-electron chi connectivity index (χ4n) is 1.18. The number of nitrogens with zero attached hydrogens (tertiary/aromatic N) is 1. The van der Waals surface area contributed by atoms with E-state index in [1.54, 1.807) is 6.92 Å². The van der Waals surface area contributed by atoms with Crippen molar-refractivity contribution < 1.29 is 24.9 Å². The maximum absolute atomic E-state index is 10.4. The minimum Gasteiger partial charge on any atom is -0.480 e. The molecular formula is C11H22N2O5. The highest BCUT2D eigenvalue weighted by Crippen LogP contribution is 2.26. The summed E-state index contributed by atoms with van der Waals surface area (Å²) in [4.78, 5) is 22.2. The molecule has 1 rings (SSSR count). The molecule has 0 heterocycles. The molecule has 0 spiro atoms. The molecule has 18 heavy (non-hydrogen) atoms. The molecule has 0 amide bonds. The van der Waals surface area contributed by atoms with Crippen molar-refractivity contribution >= 4 is 11.9 Å². The van der Waals surface area contributed by atoms with Crippen molar-refractivity contribution in [3.05, 3.63) is 0 Å². The number of likely N-dealkylation sites (N-methyl/N-ethyl adjacent to an activating group) is 1. The summed E-state index contributed by atoms with van der Waals surface area (Å²) in [7, 11) is 1.87. The zero-order valence-electron chi connectivity index (χ0n) is 10.9. The van der Waals surface area contributed by atoms with Crippen molar-refractivity contribution in [1.82, 2.24) is 4.90 Å². The minimum absolute atomic E-state index is 0.326. The minimum atomic E-state index is -1.18. The lowest BCUT2D eigenvalue weighted by atomic mass is 10.2. The van der Waals surface area contributed by atoms with E-state index in [9.17, 15) is 9.59 Å². The Kier molecular flexibility index (Phi) is 6.82. The molecule has 0 aliphatic heterocycles. The number of aliphatic carboxylic acids is 2. The molecule has 0 aromatic heterocycles. The van der Waals surface area contributed by atoms with Crippen LogP contribution in [0.15, 0.2) is 0 Å². The van der Waals surface area contributed by atoms with Gasteiger partial charge < -0.3 is 21.1 Å². The van der Waals surface area contributed by atoms with Crippen molar-refractivity contribution in [1.29, 1.82) is 0 Å². The molecule has 3 atom stereocenters. The third kappa shape index (κ3) is 5.95. The molecule has 7 nitrogen and oxygen atoms in total. The molecule has 1 fully saturated rings. The Hall–Kier alpha value is -1.18. The van der Waals surface area contributed by atoms with Gasteiger partial charge >= 0.3 is 11.9 Å². The normalized spacial score (nSPS) is 19.4.